The van der Waals surface area contributed by atoms with Crippen LogP contribution < -0.4 is 9.04 Å². The van der Waals surface area contributed by atoms with Gasteiger partial charge in [-0.3, -0.25) is 4.31 Å². The number of alkyl halides is 3. The van der Waals surface area contributed by atoms with Gasteiger partial charge in [-0.25, -0.2) is 9.78 Å². The first-order valence-corrected chi connectivity index (χ1v) is 14.8. The molecule has 0 saturated carbocycles. The standard InChI is InChI=1S/C31H31F3N2O4S.C2H6/c1-5-39-29(37)22-13-17-25(18-14-22)41-36(28-27(38-4)26-10-8-7-9-23(26)19-35-28)20-21-11-15-24(16-12-21)30(3,40-6-2)31(32,33)34;1-2/h7-19H,5-6,20H2,1-4H3;1-2H3. The van der Waals surface area contributed by atoms with Gasteiger partial charge < -0.3 is 14.2 Å². The fraction of sp³-hybridized carbons (Fsp3) is 0.333. The second kappa shape index (κ2) is 15.1. The normalized spacial score (nSPS) is 12.6. The molecular formula is C33H37F3N2O4S. The average molecular weight is 615 g/mol. The maximum atomic E-state index is 13.9. The summed E-state index contributed by atoms with van der Waals surface area (Å²) in [4.78, 5) is 17.6. The Morgan fingerprint density at radius 2 is 1.58 bits per heavy atom. The Balaban J connectivity index is 0.00000248. The van der Waals surface area contributed by atoms with Gasteiger partial charge in [0.05, 0.1) is 25.8 Å². The summed E-state index contributed by atoms with van der Waals surface area (Å²) in [6.07, 6.45) is -2.82. The Labute approximate surface area is 255 Å². The number of carbonyl (C=O) groups excluding carboxylic acids is 1. The number of hydrogen-bond acceptors (Lipinski definition) is 7. The van der Waals surface area contributed by atoms with Crippen LogP contribution >= 0.6 is 11.9 Å². The fourth-order valence-electron chi connectivity index (χ4n) is 4.36. The lowest BCUT2D eigenvalue weighted by molar-refractivity contribution is -0.276. The van der Waals surface area contributed by atoms with Gasteiger partial charge in [0.25, 0.3) is 0 Å². The predicted octanol–water partition coefficient (Wildman–Crippen LogP) is 8.97. The number of esters is 1. The molecule has 43 heavy (non-hydrogen) atoms. The zero-order chi connectivity index (χ0) is 31.6. The molecule has 0 radical (unpaired) electrons. The van der Waals surface area contributed by atoms with Crippen molar-refractivity contribution >= 4 is 34.5 Å². The van der Waals surface area contributed by atoms with Crippen molar-refractivity contribution in [1.82, 2.24) is 4.98 Å². The van der Waals surface area contributed by atoms with Crippen molar-refractivity contribution in [2.75, 3.05) is 24.6 Å². The van der Waals surface area contributed by atoms with Crippen LogP contribution in [0.4, 0.5) is 19.0 Å². The zero-order valence-corrected chi connectivity index (χ0v) is 26.0. The van der Waals surface area contributed by atoms with E-state index >= 15 is 0 Å². The number of pyridine rings is 1. The Bertz CT molecular complexity index is 1480. The van der Waals surface area contributed by atoms with E-state index in [1.165, 1.54) is 31.0 Å². The molecule has 0 spiro atoms. The van der Waals surface area contributed by atoms with Gasteiger partial charge in [-0.05, 0) is 68.1 Å². The van der Waals surface area contributed by atoms with Gasteiger partial charge in [-0.1, -0.05) is 62.4 Å². The van der Waals surface area contributed by atoms with Gasteiger partial charge in [-0.2, -0.15) is 13.2 Å². The highest BCUT2D eigenvalue weighted by atomic mass is 32.2. The van der Waals surface area contributed by atoms with E-state index in [2.05, 4.69) is 0 Å². The fourth-order valence-corrected chi connectivity index (χ4v) is 5.30. The van der Waals surface area contributed by atoms with Crippen LogP contribution in [0.5, 0.6) is 5.75 Å². The molecule has 0 amide bonds. The number of halogens is 3. The number of nitrogens with zero attached hydrogens (tertiary/aromatic N) is 2. The van der Waals surface area contributed by atoms with Crippen molar-refractivity contribution < 1.29 is 32.2 Å². The van der Waals surface area contributed by atoms with Crippen LogP contribution in [-0.4, -0.2) is 37.5 Å². The SMILES string of the molecule is CC.CCOC(=O)c1ccc(SN(Cc2ccc(C(C)(OCC)C(F)(F)F)cc2)c2ncc3ccccc3c2OC)cc1. The first-order valence-electron chi connectivity index (χ1n) is 14.1. The van der Waals surface area contributed by atoms with E-state index in [0.29, 0.717) is 23.7 Å². The van der Waals surface area contributed by atoms with Crippen LogP contribution in [0.15, 0.2) is 83.9 Å². The number of methoxy groups -OCH3 is 1. The number of carbonyl (C=O) groups is 1. The van der Waals surface area contributed by atoms with Gasteiger partial charge in [0.15, 0.2) is 17.2 Å². The molecule has 4 aromatic rings. The van der Waals surface area contributed by atoms with Crippen LogP contribution in [0, 0.1) is 0 Å². The van der Waals surface area contributed by atoms with Gasteiger partial charge in [0.2, 0.25) is 0 Å². The maximum absolute atomic E-state index is 13.9. The molecule has 0 aliphatic heterocycles. The minimum atomic E-state index is -4.58. The summed E-state index contributed by atoms with van der Waals surface area (Å²) in [7, 11) is 1.57. The Morgan fingerprint density at radius 1 is 0.930 bits per heavy atom. The molecule has 1 atom stereocenters. The highest BCUT2D eigenvalue weighted by Gasteiger charge is 2.53. The molecule has 0 aliphatic carbocycles. The van der Waals surface area contributed by atoms with E-state index < -0.39 is 17.7 Å². The molecule has 1 unspecified atom stereocenters. The van der Waals surface area contributed by atoms with Crippen LogP contribution in [0.1, 0.15) is 56.1 Å². The summed E-state index contributed by atoms with van der Waals surface area (Å²) in [5.41, 5.74) is -1.21. The third kappa shape index (κ3) is 7.80. The van der Waals surface area contributed by atoms with Crippen LogP contribution in [0.25, 0.3) is 10.8 Å². The quantitative estimate of drug-likeness (QED) is 0.123. The number of rotatable bonds is 11. The Hall–Kier alpha value is -3.76. The monoisotopic (exact) mass is 614 g/mol. The van der Waals surface area contributed by atoms with Crippen molar-refractivity contribution in [2.45, 2.75) is 57.8 Å². The zero-order valence-electron chi connectivity index (χ0n) is 25.2. The molecular weight excluding hydrogens is 577 g/mol. The average Bonchev–Trinajstić information content (AvgIpc) is 3.01. The molecule has 0 aliphatic rings. The van der Waals surface area contributed by atoms with Crippen molar-refractivity contribution in [2.24, 2.45) is 0 Å². The molecule has 3 aromatic carbocycles. The number of anilines is 1. The molecule has 6 nitrogen and oxygen atoms in total. The van der Waals surface area contributed by atoms with Gasteiger partial charge in [0.1, 0.15) is 0 Å². The summed E-state index contributed by atoms with van der Waals surface area (Å²) in [6, 6.07) is 20.9. The third-order valence-corrected chi connectivity index (χ3v) is 7.57. The molecule has 10 heteroatoms. The van der Waals surface area contributed by atoms with Gasteiger partial charge >= 0.3 is 12.1 Å². The van der Waals surface area contributed by atoms with E-state index in [0.717, 1.165) is 28.2 Å². The lowest BCUT2D eigenvalue weighted by Gasteiger charge is -2.32. The predicted molar refractivity (Wildman–Crippen MR) is 166 cm³/mol. The topological polar surface area (TPSA) is 60.9 Å². The van der Waals surface area contributed by atoms with Crippen molar-refractivity contribution in [1.29, 1.82) is 0 Å². The molecule has 0 bridgehead atoms. The van der Waals surface area contributed by atoms with E-state index in [1.807, 2.05) is 42.4 Å². The molecule has 1 aromatic heterocycles. The second-order valence-electron chi connectivity index (χ2n) is 9.24. The minimum Gasteiger partial charge on any atom is -0.492 e. The van der Waals surface area contributed by atoms with Crippen LogP contribution in [0.3, 0.4) is 0 Å². The smallest absolute Gasteiger partial charge is 0.421 e. The molecule has 4 rings (SSSR count). The largest absolute Gasteiger partial charge is 0.492 e. The molecule has 0 saturated heterocycles. The van der Waals surface area contributed by atoms with E-state index in [1.54, 1.807) is 56.6 Å². The number of benzene rings is 3. The van der Waals surface area contributed by atoms with E-state index in [-0.39, 0.29) is 18.8 Å². The van der Waals surface area contributed by atoms with Gasteiger partial charge in [-0.15, -0.1) is 0 Å². The second-order valence-corrected chi connectivity index (χ2v) is 10.3. The molecule has 230 valence electrons. The third-order valence-electron chi connectivity index (χ3n) is 6.56. The van der Waals surface area contributed by atoms with E-state index in [4.69, 9.17) is 19.2 Å². The van der Waals surface area contributed by atoms with Crippen molar-refractivity contribution in [3.8, 4) is 5.75 Å². The van der Waals surface area contributed by atoms with Gasteiger partial charge in [0, 0.05) is 28.5 Å². The minimum absolute atomic E-state index is 0.0192. The Morgan fingerprint density at radius 3 is 2.16 bits per heavy atom. The number of ether oxygens (including phenoxy) is 3. The van der Waals surface area contributed by atoms with Crippen LogP contribution in [-0.2, 0) is 21.6 Å². The lowest BCUT2D eigenvalue weighted by atomic mass is 9.94. The molecule has 0 N–H and O–H groups in total. The lowest BCUT2D eigenvalue weighted by Crippen LogP contribution is -2.42. The first kappa shape index (κ1) is 33.7. The summed E-state index contributed by atoms with van der Waals surface area (Å²) >= 11 is 1.36. The summed E-state index contributed by atoms with van der Waals surface area (Å²) in [5.74, 6) is 0.706. The summed E-state index contributed by atoms with van der Waals surface area (Å²) in [5, 5.41) is 1.78. The number of fused-ring (bicyclic) bond motifs is 1. The number of aromatic nitrogens is 1. The highest BCUT2D eigenvalue weighted by molar-refractivity contribution is 8.00. The molecule has 0 fully saturated rings. The number of hydrogen-bond donors (Lipinski definition) is 0. The maximum Gasteiger partial charge on any atom is 0.421 e. The molecule has 1 heterocycles. The Kier molecular flexibility index (Phi) is 11.9. The highest BCUT2D eigenvalue weighted by Crippen LogP contribution is 2.43. The summed E-state index contributed by atoms with van der Waals surface area (Å²) < 4.78 is 59.6. The van der Waals surface area contributed by atoms with E-state index in [9.17, 15) is 18.0 Å². The first-order chi connectivity index (χ1) is 20.6. The van der Waals surface area contributed by atoms with Crippen LogP contribution in [0.2, 0.25) is 0 Å². The van der Waals surface area contributed by atoms with Crippen molar-refractivity contribution in [3.63, 3.8) is 0 Å². The van der Waals surface area contributed by atoms with Crippen molar-refractivity contribution in [3.05, 3.63) is 95.7 Å². The summed E-state index contributed by atoms with van der Waals surface area (Å²) in [6.45, 7) is 8.82.